The van der Waals surface area contributed by atoms with Gasteiger partial charge in [0.25, 0.3) is 0 Å². The molecule has 1 aliphatic heterocycles. The van der Waals surface area contributed by atoms with Crippen molar-refractivity contribution in [2.24, 2.45) is 0 Å². The molecule has 0 unspecified atom stereocenters. The molecule has 0 spiro atoms. The summed E-state index contributed by atoms with van der Waals surface area (Å²) >= 11 is 0. The predicted octanol–water partition coefficient (Wildman–Crippen LogP) is 4.77. The summed E-state index contributed by atoms with van der Waals surface area (Å²) in [7, 11) is 13.0. The Kier molecular flexibility index (Phi) is 5.95. The number of hydrogen-bond donors (Lipinski definition) is 0. The largest absolute Gasteiger partial charge is 0.378 e. The van der Waals surface area contributed by atoms with Gasteiger partial charge in [-0.05, 0) is 58.7 Å². The molecule has 0 atom stereocenters. The molecule has 2 aromatic carbocycles. The van der Waals surface area contributed by atoms with Crippen LogP contribution >= 0.6 is 0 Å². The topological polar surface area (TPSA) is 6.48 Å². The number of hydrogen-bond acceptors (Lipinski definition) is 2. The van der Waals surface area contributed by atoms with E-state index in [0.29, 0.717) is 0 Å². The van der Waals surface area contributed by atoms with Gasteiger partial charge in [-0.15, -0.1) is 0 Å². The van der Waals surface area contributed by atoms with Crippen molar-refractivity contribution in [3.05, 3.63) is 70.8 Å². The Morgan fingerprint density at radius 3 is 1.32 bits per heavy atom. The van der Waals surface area contributed by atoms with Gasteiger partial charge in [0, 0.05) is 46.0 Å². The van der Waals surface area contributed by atoms with E-state index in [1.54, 1.807) is 0 Å². The second-order valence-corrected chi connectivity index (χ2v) is 9.01. The molecule has 0 radical (unpaired) electrons. The highest BCUT2D eigenvalue weighted by atomic mass is 15.3. The number of rotatable bonds is 4. The molecule has 0 saturated carbocycles. The number of nitrogens with zero attached hydrogens (tertiary/aromatic N) is 3. The van der Waals surface area contributed by atoms with Crippen molar-refractivity contribution >= 4 is 23.5 Å². The van der Waals surface area contributed by atoms with E-state index in [-0.39, 0.29) is 0 Å². The Morgan fingerprint density at radius 1 is 0.643 bits per heavy atom. The molecular weight excluding hydrogens is 342 g/mol. The van der Waals surface area contributed by atoms with Gasteiger partial charge in [0.2, 0.25) is 0 Å². The lowest BCUT2D eigenvalue weighted by molar-refractivity contribution is -0.883. The van der Waals surface area contributed by atoms with E-state index in [2.05, 4.69) is 113 Å². The summed E-state index contributed by atoms with van der Waals surface area (Å²) in [6.07, 6.45) is 5.82. The van der Waals surface area contributed by atoms with Gasteiger partial charge in [0.15, 0.2) is 0 Å². The summed E-state index contributed by atoms with van der Waals surface area (Å²) in [4.78, 5) is 4.28. The molecule has 3 heteroatoms. The molecule has 3 nitrogen and oxygen atoms in total. The molecule has 0 aliphatic carbocycles. The molecule has 3 rings (SSSR count). The highest BCUT2D eigenvalue weighted by molar-refractivity contribution is 5.62. The SMILES string of the molecule is CN(C)c1ccc(/C=C2/C/C(=C/c3ccc(N(C)C)cc3)C[N+](C)(C)C2)cc1. The monoisotopic (exact) mass is 376 g/mol. The van der Waals surface area contributed by atoms with Gasteiger partial charge in [0.05, 0.1) is 14.1 Å². The quantitative estimate of drug-likeness (QED) is 0.710. The number of likely N-dealkylation sites (N-methyl/N-ethyl adjacent to an activating group) is 1. The summed E-state index contributed by atoms with van der Waals surface area (Å²) in [5.74, 6) is 0. The van der Waals surface area contributed by atoms with E-state index in [9.17, 15) is 0 Å². The fourth-order valence-electron chi connectivity index (χ4n) is 3.96. The number of quaternary nitrogens is 1. The van der Waals surface area contributed by atoms with E-state index in [1.165, 1.54) is 33.6 Å². The third-order valence-corrected chi connectivity index (χ3v) is 5.28. The van der Waals surface area contributed by atoms with Crippen LogP contribution in [0, 0.1) is 0 Å². The summed E-state index contributed by atoms with van der Waals surface area (Å²) in [6.45, 7) is 2.21. The Morgan fingerprint density at radius 2 is 1.00 bits per heavy atom. The number of likely N-dealkylation sites (tertiary alicyclic amines) is 1. The maximum atomic E-state index is 2.38. The maximum Gasteiger partial charge on any atom is 0.101 e. The Balaban J connectivity index is 1.82. The lowest BCUT2D eigenvalue weighted by Gasteiger charge is -2.36. The minimum absolute atomic E-state index is 1.00. The smallest absolute Gasteiger partial charge is 0.101 e. The van der Waals surface area contributed by atoms with Gasteiger partial charge in [-0.25, -0.2) is 0 Å². The highest BCUT2D eigenvalue weighted by Gasteiger charge is 2.26. The molecular formula is C25H34N3+. The average Bonchev–Trinajstić information content (AvgIpc) is 2.61. The van der Waals surface area contributed by atoms with E-state index in [0.717, 1.165) is 24.0 Å². The molecule has 2 aromatic rings. The Hall–Kier alpha value is -2.52. The molecule has 1 heterocycles. The van der Waals surface area contributed by atoms with E-state index in [1.807, 2.05) is 0 Å². The van der Waals surface area contributed by atoms with Crippen molar-refractivity contribution in [3.8, 4) is 0 Å². The molecule has 0 N–H and O–H groups in total. The molecule has 1 aliphatic rings. The van der Waals surface area contributed by atoms with Gasteiger partial charge in [-0.3, -0.25) is 0 Å². The van der Waals surface area contributed by atoms with Gasteiger partial charge in [0.1, 0.15) is 13.1 Å². The van der Waals surface area contributed by atoms with Crippen molar-refractivity contribution in [1.29, 1.82) is 0 Å². The van der Waals surface area contributed by atoms with Gasteiger partial charge < -0.3 is 14.3 Å². The summed E-state index contributed by atoms with van der Waals surface area (Å²) in [5, 5.41) is 0. The molecule has 0 amide bonds. The van der Waals surface area contributed by atoms with E-state index in [4.69, 9.17) is 0 Å². The number of piperidine rings is 1. The van der Waals surface area contributed by atoms with Crippen LogP contribution in [-0.4, -0.2) is 59.9 Å². The van der Waals surface area contributed by atoms with Crippen molar-refractivity contribution in [1.82, 2.24) is 0 Å². The first kappa shape index (κ1) is 20.2. The first-order valence-electron chi connectivity index (χ1n) is 9.97. The second-order valence-electron chi connectivity index (χ2n) is 9.01. The van der Waals surface area contributed by atoms with E-state index < -0.39 is 0 Å². The first-order valence-corrected chi connectivity index (χ1v) is 9.97. The normalized spacial score (nSPS) is 19.1. The lowest BCUT2D eigenvalue weighted by Crippen LogP contribution is -2.45. The predicted molar refractivity (Wildman–Crippen MR) is 124 cm³/mol. The lowest BCUT2D eigenvalue weighted by atomic mass is 9.94. The molecule has 1 saturated heterocycles. The van der Waals surface area contributed by atoms with Crippen LogP contribution in [0.15, 0.2) is 59.7 Å². The number of benzene rings is 2. The Bertz CT molecular complexity index is 782. The van der Waals surface area contributed by atoms with Crippen LogP contribution in [0.3, 0.4) is 0 Å². The summed E-state index contributed by atoms with van der Waals surface area (Å²) in [5.41, 5.74) is 8.07. The molecule has 28 heavy (non-hydrogen) atoms. The first-order chi connectivity index (χ1) is 13.2. The van der Waals surface area contributed by atoms with E-state index >= 15 is 0 Å². The molecule has 1 fully saturated rings. The average molecular weight is 377 g/mol. The Labute approximate surface area is 170 Å². The second kappa shape index (κ2) is 8.24. The summed E-state index contributed by atoms with van der Waals surface area (Å²) in [6, 6.07) is 17.7. The molecule has 0 bridgehead atoms. The molecule has 148 valence electrons. The fourth-order valence-corrected chi connectivity index (χ4v) is 3.96. The van der Waals surface area contributed by atoms with Gasteiger partial charge in [-0.1, -0.05) is 24.3 Å². The van der Waals surface area contributed by atoms with Crippen molar-refractivity contribution in [2.45, 2.75) is 6.42 Å². The minimum atomic E-state index is 1.00. The number of anilines is 2. The third kappa shape index (κ3) is 5.26. The maximum absolute atomic E-state index is 2.38. The van der Waals surface area contributed by atoms with Crippen molar-refractivity contribution in [3.63, 3.8) is 0 Å². The zero-order chi connectivity index (χ0) is 20.3. The van der Waals surface area contributed by atoms with Crippen LogP contribution in [0.5, 0.6) is 0 Å². The van der Waals surface area contributed by atoms with Crippen LogP contribution in [0.25, 0.3) is 12.2 Å². The third-order valence-electron chi connectivity index (χ3n) is 5.28. The zero-order valence-electron chi connectivity index (χ0n) is 18.2. The standard InChI is InChI=1S/C25H34N3/c1-26(2)24-11-7-20(8-12-24)15-22-17-23(19-28(5,6)18-22)16-21-9-13-25(14-10-21)27(3)4/h7-16H,17-19H2,1-6H3/q+1/b22-15-,23-16-. The van der Waals surface area contributed by atoms with Crippen LogP contribution in [0.2, 0.25) is 0 Å². The summed E-state index contributed by atoms with van der Waals surface area (Å²) < 4.78 is 1.00. The van der Waals surface area contributed by atoms with Crippen LogP contribution in [0.4, 0.5) is 11.4 Å². The van der Waals surface area contributed by atoms with Crippen molar-refractivity contribution < 1.29 is 4.48 Å². The minimum Gasteiger partial charge on any atom is -0.378 e. The highest BCUT2D eigenvalue weighted by Crippen LogP contribution is 2.28. The van der Waals surface area contributed by atoms with Gasteiger partial charge >= 0.3 is 0 Å². The fraction of sp³-hybridized carbons (Fsp3) is 0.360. The van der Waals surface area contributed by atoms with Crippen LogP contribution in [-0.2, 0) is 0 Å². The van der Waals surface area contributed by atoms with Crippen molar-refractivity contribution in [2.75, 3.05) is 65.2 Å². The van der Waals surface area contributed by atoms with Crippen LogP contribution in [0.1, 0.15) is 17.5 Å². The zero-order valence-corrected chi connectivity index (χ0v) is 18.2. The van der Waals surface area contributed by atoms with Crippen LogP contribution < -0.4 is 9.80 Å². The van der Waals surface area contributed by atoms with Gasteiger partial charge in [-0.2, -0.15) is 0 Å². The molecule has 0 aromatic heterocycles.